The topological polar surface area (TPSA) is 0 Å². The van der Waals surface area contributed by atoms with Crippen molar-refractivity contribution < 1.29 is 4.39 Å². The molecule has 0 saturated carbocycles. The maximum Gasteiger partial charge on any atom is 0.123 e. The molecule has 2 rings (SSSR count). The minimum Gasteiger partial charge on any atom is -0.207 e. The highest BCUT2D eigenvalue weighted by molar-refractivity contribution is 6.17. The molecule has 0 atom stereocenters. The Morgan fingerprint density at radius 2 is 1.75 bits per heavy atom. The van der Waals surface area contributed by atoms with E-state index in [-0.39, 0.29) is 5.82 Å². The van der Waals surface area contributed by atoms with Crippen molar-refractivity contribution in [2.75, 3.05) is 0 Å². The van der Waals surface area contributed by atoms with E-state index in [0.717, 1.165) is 16.7 Å². The average molecular weight is 235 g/mol. The number of rotatable bonds is 2. The molecule has 0 fully saturated rings. The van der Waals surface area contributed by atoms with Gasteiger partial charge in [-0.1, -0.05) is 35.9 Å². The molecule has 0 nitrogen and oxygen atoms in total. The van der Waals surface area contributed by atoms with Gasteiger partial charge in [0.2, 0.25) is 0 Å². The fourth-order valence-electron chi connectivity index (χ4n) is 1.71. The summed E-state index contributed by atoms with van der Waals surface area (Å²) in [7, 11) is 0. The van der Waals surface area contributed by atoms with Gasteiger partial charge in [0.05, 0.1) is 0 Å². The maximum absolute atomic E-state index is 12.8. The van der Waals surface area contributed by atoms with Crippen molar-refractivity contribution in [3.63, 3.8) is 0 Å². The first kappa shape index (κ1) is 11.2. The SMILES string of the molecule is Cc1ccc(CCl)c(-c2ccc(F)cc2)c1. The van der Waals surface area contributed by atoms with E-state index < -0.39 is 0 Å². The van der Waals surface area contributed by atoms with Crippen molar-refractivity contribution in [2.24, 2.45) is 0 Å². The molecule has 0 aliphatic carbocycles. The van der Waals surface area contributed by atoms with Crippen LogP contribution in [-0.2, 0) is 5.88 Å². The number of halogens is 2. The second-order valence-electron chi connectivity index (χ2n) is 3.80. The Balaban J connectivity index is 2.53. The standard InChI is InChI=1S/C14H12ClF/c1-10-2-3-12(9-15)14(8-10)11-4-6-13(16)7-5-11/h2-8H,9H2,1H3. The number of benzene rings is 2. The van der Waals surface area contributed by atoms with Crippen LogP contribution in [0.3, 0.4) is 0 Å². The van der Waals surface area contributed by atoms with Crippen LogP contribution in [0.15, 0.2) is 42.5 Å². The Hall–Kier alpha value is -1.34. The first-order chi connectivity index (χ1) is 7.70. The Morgan fingerprint density at radius 3 is 2.38 bits per heavy atom. The van der Waals surface area contributed by atoms with Crippen LogP contribution in [0.2, 0.25) is 0 Å². The second-order valence-corrected chi connectivity index (χ2v) is 4.07. The monoisotopic (exact) mass is 234 g/mol. The summed E-state index contributed by atoms with van der Waals surface area (Å²) in [5.41, 5.74) is 4.32. The molecular formula is C14H12ClF. The van der Waals surface area contributed by atoms with Crippen LogP contribution in [0.5, 0.6) is 0 Å². The number of hydrogen-bond donors (Lipinski definition) is 0. The summed E-state index contributed by atoms with van der Waals surface area (Å²) >= 11 is 5.89. The van der Waals surface area contributed by atoms with Crippen molar-refractivity contribution in [1.29, 1.82) is 0 Å². The molecular weight excluding hydrogens is 223 g/mol. The third kappa shape index (κ3) is 2.25. The third-order valence-corrected chi connectivity index (χ3v) is 2.85. The quantitative estimate of drug-likeness (QED) is 0.670. The number of hydrogen-bond acceptors (Lipinski definition) is 0. The van der Waals surface area contributed by atoms with Gasteiger partial charge in [0.1, 0.15) is 5.82 Å². The molecule has 0 bridgehead atoms. The first-order valence-corrected chi connectivity index (χ1v) is 5.65. The molecule has 0 aliphatic rings. The van der Waals surface area contributed by atoms with Gasteiger partial charge in [-0.05, 0) is 35.7 Å². The molecule has 2 aromatic rings. The van der Waals surface area contributed by atoms with Gasteiger partial charge in [0.25, 0.3) is 0 Å². The zero-order valence-corrected chi connectivity index (χ0v) is 9.76. The molecule has 0 saturated heterocycles. The van der Waals surface area contributed by atoms with Gasteiger partial charge in [0, 0.05) is 5.88 Å². The Kier molecular flexibility index (Phi) is 3.25. The van der Waals surface area contributed by atoms with Crippen LogP contribution in [0.1, 0.15) is 11.1 Å². The van der Waals surface area contributed by atoms with Crippen molar-refractivity contribution in [3.05, 3.63) is 59.4 Å². The summed E-state index contributed by atoms with van der Waals surface area (Å²) in [6, 6.07) is 12.6. The Labute approximate surface area is 99.7 Å². The summed E-state index contributed by atoms with van der Waals surface area (Å²) in [4.78, 5) is 0. The predicted octanol–water partition coefficient (Wildman–Crippen LogP) is 4.54. The van der Waals surface area contributed by atoms with E-state index in [1.165, 1.54) is 17.7 Å². The van der Waals surface area contributed by atoms with Gasteiger partial charge < -0.3 is 0 Å². The first-order valence-electron chi connectivity index (χ1n) is 5.12. The summed E-state index contributed by atoms with van der Waals surface area (Å²) in [5, 5.41) is 0. The van der Waals surface area contributed by atoms with Crippen molar-refractivity contribution in [2.45, 2.75) is 12.8 Å². The largest absolute Gasteiger partial charge is 0.207 e. The van der Waals surface area contributed by atoms with E-state index in [9.17, 15) is 4.39 Å². The van der Waals surface area contributed by atoms with Gasteiger partial charge in [-0.2, -0.15) is 0 Å². The molecule has 2 heteroatoms. The van der Waals surface area contributed by atoms with Crippen LogP contribution in [0, 0.1) is 12.7 Å². The van der Waals surface area contributed by atoms with Crippen LogP contribution in [0.4, 0.5) is 4.39 Å². The highest BCUT2D eigenvalue weighted by Gasteiger charge is 2.04. The molecule has 0 aromatic heterocycles. The van der Waals surface area contributed by atoms with Crippen LogP contribution in [0.25, 0.3) is 11.1 Å². The highest BCUT2D eigenvalue weighted by Crippen LogP contribution is 2.26. The van der Waals surface area contributed by atoms with E-state index in [4.69, 9.17) is 11.6 Å². The average Bonchev–Trinajstić information content (AvgIpc) is 2.30. The van der Waals surface area contributed by atoms with E-state index >= 15 is 0 Å². The zero-order valence-electron chi connectivity index (χ0n) is 9.00. The summed E-state index contributed by atoms with van der Waals surface area (Å²) in [6.07, 6.45) is 0. The minimum atomic E-state index is -0.219. The van der Waals surface area contributed by atoms with Crippen LogP contribution in [-0.4, -0.2) is 0 Å². The smallest absolute Gasteiger partial charge is 0.123 e. The zero-order chi connectivity index (χ0) is 11.5. The van der Waals surface area contributed by atoms with E-state index in [2.05, 4.69) is 6.07 Å². The van der Waals surface area contributed by atoms with Gasteiger partial charge in [-0.25, -0.2) is 4.39 Å². The second kappa shape index (κ2) is 4.67. The molecule has 0 N–H and O–H groups in total. The fourth-order valence-corrected chi connectivity index (χ4v) is 1.94. The molecule has 16 heavy (non-hydrogen) atoms. The molecule has 82 valence electrons. The molecule has 0 radical (unpaired) electrons. The highest BCUT2D eigenvalue weighted by atomic mass is 35.5. The van der Waals surface area contributed by atoms with E-state index in [0.29, 0.717) is 5.88 Å². The molecule has 0 aliphatic heterocycles. The van der Waals surface area contributed by atoms with Gasteiger partial charge in [0.15, 0.2) is 0 Å². The summed E-state index contributed by atoms with van der Waals surface area (Å²) in [5.74, 6) is 0.247. The van der Waals surface area contributed by atoms with E-state index in [1.54, 1.807) is 12.1 Å². The molecule has 0 unspecified atom stereocenters. The summed E-state index contributed by atoms with van der Waals surface area (Å²) in [6.45, 7) is 2.03. The number of aryl methyl sites for hydroxylation is 1. The third-order valence-electron chi connectivity index (χ3n) is 2.56. The lowest BCUT2D eigenvalue weighted by Crippen LogP contribution is -1.88. The lowest BCUT2D eigenvalue weighted by atomic mass is 9.98. The predicted molar refractivity (Wildman–Crippen MR) is 66.1 cm³/mol. The van der Waals surface area contributed by atoms with Gasteiger partial charge >= 0.3 is 0 Å². The normalized spacial score (nSPS) is 10.4. The van der Waals surface area contributed by atoms with Crippen molar-refractivity contribution in [3.8, 4) is 11.1 Å². The van der Waals surface area contributed by atoms with Gasteiger partial charge in [-0.15, -0.1) is 11.6 Å². The lowest BCUT2D eigenvalue weighted by molar-refractivity contribution is 0.628. The van der Waals surface area contributed by atoms with E-state index in [1.807, 2.05) is 19.1 Å². The Morgan fingerprint density at radius 1 is 1.06 bits per heavy atom. The lowest BCUT2D eigenvalue weighted by Gasteiger charge is -2.08. The molecule has 0 amide bonds. The van der Waals surface area contributed by atoms with Gasteiger partial charge in [-0.3, -0.25) is 0 Å². The molecule has 2 aromatic carbocycles. The van der Waals surface area contributed by atoms with Crippen molar-refractivity contribution in [1.82, 2.24) is 0 Å². The molecule has 0 spiro atoms. The Bertz CT molecular complexity index is 489. The van der Waals surface area contributed by atoms with Crippen molar-refractivity contribution >= 4 is 11.6 Å². The number of alkyl halides is 1. The fraction of sp³-hybridized carbons (Fsp3) is 0.143. The summed E-state index contributed by atoms with van der Waals surface area (Å²) < 4.78 is 12.8. The molecule has 0 heterocycles. The minimum absolute atomic E-state index is 0.219. The maximum atomic E-state index is 12.8. The van der Waals surface area contributed by atoms with Crippen LogP contribution >= 0.6 is 11.6 Å². The van der Waals surface area contributed by atoms with Crippen LogP contribution < -0.4 is 0 Å².